The van der Waals surface area contributed by atoms with Crippen molar-refractivity contribution in [1.82, 2.24) is 0 Å². The number of aryl methyl sites for hydroxylation is 1. The SMILES string of the molecule is CC[C@@H](C)Sc1ccc(N)c(C)c1. The molecule has 0 aliphatic rings. The summed E-state index contributed by atoms with van der Waals surface area (Å²) in [6.07, 6.45) is 1.20. The molecule has 0 radical (unpaired) electrons. The molecule has 1 nitrogen and oxygen atoms in total. The molecule has 0 saturated heterocycles. The van der Waals surface area contributed by atoms with Crippen LogP contribution < -0.4 is 5.73 Å². The maximum absolute atomic E-state index is 5.74. The number of anilines is 1. The zero-order valence-corrected chi connectivity index (χ0v) is 9.32. The van der Waals surface area contributed by atoms with Crippen LogP contribution >= 0.6 is 11.8 Å². The van der Waals surface area contributed by atoms with Gasteiger partial charge in [0.25, 0.3) is 0 Å². The molecule has 1 rings (SSSR count). The molecule has 0 saturated carbocycles. The topological polar surface area (TPSA) is 26.0 Å². The second-order valence-electron chi connectivity index (χ2n) is 3.36. The van der Waals surface area contributed by atoms with Crippen molar-refractivity contribution in [1.29, 1.82) is 0 Å². The summed E-state index contributed by atoms with van der Waals surface area (Å²) in [6.45, 7) is 6.51. The molecule has 1 aromatic carbocycles. The Morgan fingerprint density at radius 3 is 2.69 bits per heavy atom. The first kappa shape index (κ1) is 10.5. The van der Waals surface area contributed by atoms with Gasteiger partial charge < -0.3 is 5.73 Å². The van der Waals surface area contributed by atoms with Gasteiger partial charge in [-0.3, -0.25) is 0 Å². The largest absolute Gasteiger partial charge is 0.399 e. The summed E-state index contributed by atoms with van der Waals surface area (Å²) in [5, 5.41) is 0.683. The average Bonchev–Trinajstić information content (AvgIpc) is 2.11. The maximum atomic E-state index is 5.74. The number of benzene rings is 1. The van der Waals surface area contributed by atoms with Gasteiger partial charge in [0, 0.05) is 15.8 Å². The molecule has 1 atom stereocenters. The minimum absolute atomic E-state index is 0.683. The Hall–Kier alpha value is -0.630. The van der Waals surface area contributed by atoms with Crippen molar-refractivity contribution in [2.45, 2.75) is 37.3 Å². The predicted molar refractivity (Wildman–Crippen MR) is 61.2 cm³/mol. The number of thioether (sulfide) groups is 1. The quantitative estimate of drug-likeness (QED) is 0.590. The van der Waals surface area contributed by atoms with E-state index in [2.05, 4.69) is 32.9 Å². The summed E-state index contributed by atoms with van der Waals surface area (Å²) in [5.41, 5.74) is 7.80. The molecule has 0 aromatic heterocycles. The van der Waals surface area contributed by atoms with Crippen LogP contribution in [0.4, 0.5) is 5.69 Å². The Bertz CT molecular complexity index is 283. The number of nitrogen functional groups attached to an aromatic ring is 1. The average molecular weight is 195 g/mol. The zero-order valence-electron chi connectivity index (χ0n) is 8.50. The molecule has 0 aliphatic heterocycles. The van der Waals surface area contributed by atoms with Crippen molar-refractivity contribution >= 4 is 17.4 Å². The second kappa shape index (κ2) is 4.56. The standard InChI is InChI=1S/C11H17NS/c1-4-9(3)13-10-5-6-11(12)8(2)7-10/h5-7,9H,4,12H2,1-3H3/t9-/m1/s1. The van der Waals surface area contributed by atoms with E-state index in [9.17, 15) is 0 Å². The van der Waals surface area contributed by atoms with Gasteiger partial charge in [-0.05, 0) is 37.1 Å². The fourth-order valence-electron chi connectivity index (χ4n) is 1.04. The molecule has 0 spiro atoms. The monoisotopic (exact) mass is 195 g/mol. The molecule has 0 bridgehead atoms. The van der Waals surface area contributed by atoms with Gasteiger partial charge in [-0.1, -0.05) is 13.8 Å². The lowest BCUT2D eigenvalue weighted by Gasteiger charge is -2.09. The molecule has 0 fully saturated rings. The third kappa shape index (κ3) is 2.96. The third-order valence-corrected chi connectivity index (χ3v) is 3.42. The number of hydrogen-bond acceptors (Lipinski definition) is 2. The second-order valence-corrected chi connectivity index (χ2v) is 4.87. The van der Waals surface area contributed by atoms with Crippen molar-refractivity contribution < 1.29 is 0 Å². The fraction of sp³-hybridized carbons (Fsp3) is 0.455. The van der Waals surface area contributed by atoms with Crippen LogP contribution in [0, 0.1) is 6.92 Å². The number of nitrogens with two attached hydrogens (primary N) is 1. The normalized spacial score (nSPS) is 12.8. The first-order valence-corrected chi connectivity index (χ1v) is 5.54. The van der Waals surface area contributed by atoms with Crippen LogP contribution in [0.1, 0.15) is 25.8 Å². The van der Waals surface area contributed by atoms with E-state index in [-0.39, 0.29) is 0 Å². The van der Waals surface area contributed by atoms with E-state index in [0.29, 0.717) is 5.25 Å². The van der Waals surface area contributed by atoms with Gasteiger partial charge in [-0.2, -0.15) is 0 Å². The van der Waals surface area contributed by atoms with Gasteiger partial charge in [0.1, 0.15) is 0 Å². The molecule has 1 aromatic rings. The zero-order chi connectivity index (χ0) is 9.84. The van der Waals surface area contributed by atoms with Gasteiger partial charge in [-0.15, -0.1) is 11.8 Å². The van der Waals surface area contributed by atoms with Crippen LogP contribution in [0.25, 0.3) is 0 Å². The summed E-state index contributed by atoms with van der Waals surface area (Å²) in [7, 11) is 0. The highest BCUT2D eigenvalue weighted by Crippen LogP contribution is 2.27. The minimum atomic E-state index is 0.683. The fourth-order valence-corrected chi connectivity index (χ4v) is 2.06. The van der Waals surface area contributed by atoms with Crippen LogP contribution in [-0.4, -0.2) is 5.25 Å². The summed E-state index contributed by atoms with van der Waals surface area (Å²) in [6, 6.07) is 6.24. The lowest BCUT2D eigenvalue weighted by molar-refractivity contribution is 0.905. The summed E-state index contributed by atoms with van der Waals surface area (Å²) in [5.74, 6) is 0. The molecule has 0 amide bonds. The van der Waals surface area contributed by atoms with Crippen LogP contribution in [-0.2, 0) is 0 Å². The Balaban J connectivity index is 2.73. The Morgan fingerprint density at radius 2 is 2.15 bits per heavy atom. The van der Waals surface area contributed by atoms with E-state index < -0.39 is 0 Å². The number of hydrogen-bond donors (Lipinski definition) is 1. The Morgan fingerprint density at radius 1 is 1.46 bits per heavy atom. The highest BCUT2D eigenvalue weighted by Gasteiger charge is 2.02. The van der Waals surface area contributed by atoms with Crippen molar-refractivity contribution in [3.63, 3.8) is 0 Å². The highest BCUT2D eigenvalue weighted by atomic mass is 32.2. The van der Waals surface area contributed by atoms with Crippen molar-refractivity contribution in [3.05, 3.63) is 23.8 Å². The first-order valence-electron chi connectivity index (χ1n) is 4.66. The van der Waals surface area contributed by atoms with E-state index in [1.54, 1.807) is 0 Å². The Kier molecular flexibility index (Phi) is 3.67. The summed E-state index contributed by atoms with van der Waals surface area (Å²) < 4.78 is 0. The summed E-state index contributed by atoms with van der Waals surface area (Å²) in [4.78, 5) is 1.32. The van der Waals surface area contributed by atoms with Gasteiger partial charge in [-0.25, -0.2) is 0 Å². The molecular formula is C11H17NS. The minimum Gasteiger partial charge on any atom is -0.399 e. The molecule has 0 heterocycles. The molecule has 0 aliphatic carbocycles. The van der Waals surface area contributed by atoms with Crippen LogP contribution in [0.15, 0.2) is 23.1 Å². The number of rotatable bonds is 3. The molecule has 72 valence electrons. The van der Waals surface area contributed by atoms with E-state index in [1.807, 2.05) is 17.8 Å². The van der Waals surface area contributed by atoms with Gasteiger partial charge in [0.2, 0.25) is 0 Å². The van der Waals surface area contributed by atoms with Crippen LogP contribution in [0.2, 0.25) is 0 Å². The summed E-state index contributed by atoms with van der Waals surface area (Å²) >= 11 is 1.91. The van der Waals surface area contributed by atoms with Crippen molar-refractivity contribution in [2.75, 3.05) is 5.73 Å². The van der Waals surface area contributed by atoms with E-state index in [1.165, 1.54) is 16.9 Å². The molecular weight excluding hydrogens is 178 g/mol. The van der Waals surface area contributed by atoms with E-state index in [4.69, 9.17) is 5.73 Å². The first-order chi connectivity index (χ1) is 6.13. The molecule has 13 heavy (non-hydrogen) atoms. The lowest BCUT2D eigenvalue weighted by atomic mass is 10.2. The van der Waals surface area contributed by atoms with Crippen molar-refractivity contribution in [3.8, 4) is 0 Å². The predicted octanol–water partition coefficient (Wildman–Crippen LogP) is 3.47. The Labute approximate surface area is 84.7 Å². The smallest absolute Gasteiger partial charge is 0.0344 e. The molecule has 2 heteroatoms. The highest BCUT2D eigenvalue weighted by molar-refractivity contribution is 7.99. The van der Waals surface area contributed by atoms with E-state index in [0.717, 1.165) is 5.69 Å². The van der Waals surface area contributed by atoms with Crippen molar-refractivity contribution in [2.24, 2.45) is 0 Å². The van der Waals surface area contributed by atoms with Gasteiger partial charge >= 0.3 is 0 Å². The third-order valence-electron chi connectivity index (χ3n) is 2.15. The maximum Gasteiger partial charge on any atom is 0.0344 e. The molecule has 2 N–H and O–H groups in total. The van der Waals surface area contributed by atoms with Crippen LogP contribution in [0.3, 0.4) is 0 Å². The van der Waals surface area contributed by atoms with Gasteiger partial charge in [0.05, 0.1) is 0 Å². The lowest BCUT2D eigenvalue weighted by Crippen LogP contribution is -1.93. The van der Waals surface area contributed by atoms with Gasteiger partial charge in [0.15, 0.2) is 0 Å². The van der Waals surface area contributed by atoms with E-state index >= 15 is 0 Å². The van der Waals surface area contributed by atoms with Crippen LogP contribution in [0.5, 0.6) is 0 Å². The molecule has 0 unspecified atom stereocenters.